The van der Waals surface area contributed by atoms with Crippen molar-refractivity contribution < 1.29 is 0 Å². The van der Waals surface area contributed by atoms with Crippen molar-refractivity contribution in [2.24, 2.45) is 22.3 Å². The zero-order valence-electron chi connectivity index (χ0n) is 21.8. The summed E-state index contributed by atoms with van der Waals surface area (Å²) in [6.07, 6.45) is 3.47. The Labute approximate surface area is 213 Å². The van der Waals surface area contributed by atoms with Crippen LogP contribution in [0.2, 0.25) is 0 Å². The lowest BCUT2D eigenvalue weighted by Gasteiger charge is -2.24. The Kier molecular flexibility index (Phi) is 6.78. The Morgan fingerprint density at radius 2 is 1.03 bits per heavy atom. The van der Waals surface area contributed by atoms with Crippen molar-refractivity contribution in [1.29, 1.82) is 0 Å². The average Bonchev–Trinajstić information content (AvgIpc) is 3.49. The minimum absolute atomic E-state index is 0.0782. The second-order valence-electron chi connectivity index (χ2n) is 11.3. The number of rotatable bonds is 2. The molecule has 6 N–H and O–H groups in total. The third kappa shape index (κ3) is 5.86. The highest BCUT2D eigenvalue weighted by Gasteiger charge is 2.25. The fourth-order valence-electron chi connectivity index (χ4n) is 3.62. The van der Waals surface area contributed by atoms with Crippen LogP contribution >= 0.6 is 0 Å². The molecule has 0 radical (unpaired) electrons. The van der Waals surface area contributed by atoms with E-state index in [9.17, 15) is 0 Å². The van der Waals surface area contributed by atoms with E-state index in [-0.39, 0.29) is 22.9 Å². The lowest BCUT2D eigenvalue weighted by atomic mass is 9.87. The van der Waals surface area contributed by atoms with Crippen LogP contribution in [0.5, 0.6) is 0 Å². The van der Waals surface area contributed by atoms with E-state index in [2.05, 4.69) is 109 Å². The lowest BCUT2D eigenvalue weighted by Crippen LogP contribution is -2.27. The van der Waals surface area contributed by atoms with Gasteiger partial charge < -0.3 is 21.4 Å². The first-order valence-electron chi connectivity index (χ1n) is 12.1. The van der Waals surface area contributed by atoms with Crippen LogP contribution in [0.1, 0.15) is 87.8 Å². The molecule has 6 nitrogen and oxygen atoms in total. The minimum Gasteiger partial charge on any atom is -0.334 e. The van der Waals surface area contributed by atoms with Crippen LogP contribution in [0, 0.1) is 34.5 Å². The number of imidazole rings is 2. The van der Waals surface area contributed by atoms with Gasteiger partial charge in [-0.1, -0.05) is 65.5 Å². The molecule has 6 heteroatoms. The van der Waals surface area contributed by atoms with E-state index in [1.54, 1.807) is 12.4 Å². The molecular formula is C30H34N6. The largest absolute Gasteiger partial charge is 0.334 e. The number of aromatic amines is 2. The third-order valence-electron chi connectivity index (χ3n) is 6.17. The maximum absolute atomic E-state index is 6.29. The summed E-state index contributed by atoms with van der Waals surface area (Å²) in [5.74, 6) is 14.3. The SMILES string of the molecule is CC(C)(C)[C@H](N)c1ncc(C#Cc2ccc3cc(C#Cc4cnc([C@@H](N)C(C)(C)C)[nH]4)ccc3c2)[nH]1. The van der Waals surface area contributed by atoms with Gasteiger partial charge in [0.2, 0.25) is 0 Å². The molecule has 0 aliphatic heterocycles. The van der Waals surface area contributed by atoms with E-state index in [0.717, 1.165) is 44.9 Å². The van der Waals surface area contributed by atoms with Crippen LogP contribution in [-0.4, -0.2) is 19.9 Å². The first-order valence-corrected chi connectivity index (χ1v) is 12.1. The van der Waals surface area contributed by atoms with Gasteiger partial charge >= 0.3 is 0 Å². The summed E-state index contributed by atoms with van der Waals surface area (Å²) in [6.45, 7) is 12.6. The molecule has 4 aromatic rings. The van der Waals surface area contributed by atoms with Crippen LogP contribution in [0.15, 0.2) is 48.8 Å². The number of nitrogens with one attached hydrogen (secondary N) is 2. The molecule has 4 rings (SSSR count). The van der Waals surface area contributed by atoms with Crippen molar-refractivity contribution in [2.75, 3.05) is 0 Å². The van der Waals surface area contributed by atoms with Crippen LogP contribution in [0.25, 0.3) is 10.8 Å². The van der Waals surface area contributed by atoms with Crippen molar-refractivity contribution >= 4 is 10.8 Å². The van der Waals surface area contributed by atoms with E-state index in [1.165, 1.54) is 0 Å². The second-order valence-corrected chi connectivity index (χ2v) is 11.3. The molecule has 0 saturated heterocycles. The highest BCUT2D eigenvalue weighted by Crippen LogP contribution is 2.29. The molecule has 2 atom stereocenters. The Morgan fingerprint density at radius 3 is 1.39 bits per heavy atom. The molecule has 0 saturated carbocycles. The summed E-state index contributed by atoms with van der Waals surface area (Å²) < 4.78 is 0. The van der Waals surface area contributed by atoms with E-state index in [0.29, 0.717) is 0 Å². The molecule has 36 heavy (non-hydrogen) atoms. The quantitative estimate of drug-likeness (QED) is 0.298. The Bertz CT molecular complexity index is 1390. The number of H-pyrrole nitrogens is 2. The molecule has 0 aliphatic rings. The second kappa shape index (κ2) is 9.66. The van der Waals surface area contributed by atoms with Crippen molar-refractivity contribution in [3.63, 3.8) is 0 Å². The average molecular weight is 479 g/mol. The Morgan fingerprint density at radius 1 is 0.639 bits per heavy atom. The van der Waals surface area contributed by atoms with E-state index < -0.39 is 0 Å². The number of hydrogen-bond acceptors (Lipinski definition) is 4. The van der Waals surface area contributed by atoms with Crippen LogP contribution in [0.3, 0.4) is 0 Å². The minimum atomic E-state index is -0.178. The van der Waals surface area contributed by atoms with Gasteiger partial charge in [-0.15, -0.1) is 0 Å². The number of benzene rings is 2. The Hall–Kier alpha value is -3.84. The zero-order valence-corrected chi connectivity index (χ0v) is 21.8. The van der Waals surface area contributed by atoms with Crippen molar-refractivity contribution in [3.8, 4) is 23.7 Å². The molecule has 2 aromatic carbocycles. The molecule has 0 unspecified atom stereocenters. The van der Waals surface area contributed by atoms with E-state index in [4.69, 9.17) is 11.5 Å². The van der Waals surface area contributed by atoms with E-state index >= 15 is 0 Å². The summed E-state index contributed by atoms with van der Waals surface area (Å²) in [4.78, 5) is 15.3. The van der Waals surface area contributed by atoms with Gasteiger partial charge in [-0.25, -0.2) is 9.97 Å². The first-order chi connectivity index (χ1) is 16.9. The van der Waals surface area contributed by atoms with Crippen molar-refractivity contribution in [1.82, 2.24) is 19.9 Å². The standard InChI is InChI=1S/C30H34N6/c1-29(2,3)25(31)27-33-17-23(35-27)13-9-19-7-11-22-16-20(8-12-21(22)15-19)10-14-24-18-34-28(36-24)26(32)30(4,5)6/h7-8,11-12,15-18,25-26H,31-32H2,1-6H3,(H,33,35)(H,34,36)/t25-,26-/m1/s1. The van der Waals surface area contributed by atoms with Gasteiger partial charge in [-0.2, -0.15) is 0 Å². The van der Waals surface area contributed by atoms with Crippen LogP contribution < -0.4 is 11.5 Å². The lowest BCUT2D eigenvalue weighted by molar-refractivity contribution is 0.316. The molecular weight excluding hydrogens is 444 g/mol. The molecule has 0 amide bonds. The highest BCUT2D eigenvalue weighted by molar-refractivity contribution is 5.85. The maximum Gasteiger partial charge on any atom is 0.124 e. The van der Waals surface area contributed by atoms with Crippen molar-refractivity contribution in [3.05, 3.63) is 83.0 Å². The number of aromatic nitrogens is 4. The smallest absolute Gasteiger partial charge is 0.124 e. The predicted octanol–water partition coefficient (Wildman–Crippen LogP) is 5.18. The van der Waals surface area contributed by atoms with Gasteiger partial charge in [0.05, 0.1) is 24.5 Å². The third-order valence-corrected chi connectivity index (χ3v) is 6.17. The highest BCUT2D eigenvalue weighted by atomic mass is 15.0. The Balaban J connectivity index is 1.49. The number of fused-ring (bicyclic) bond motifs is 1. The van der Waals surface area contributed by atoms with Gasteiger partial charge in [-0.05, 0) is 57.7 Å². The fraction of sp³-hybridized carbons (Fsp3) is 0.333. The summed E-state index contributed by atoms with van der Waals surface area (Å²) in [5.41, 5.74) is 15.8. The molecule has 0 bridgehead atoms. The first kappa shape index (κ1) is 25.3. The summed E-state index contributed by atoms with van der Waals surface area (Å²) in [5, 5.41) is 2.21. The van der Waals surface area contributed by atoms with Gasteiger partial charge in [0.1, 0.15) is 23.0 Å². The number of nitrogens with two attached hydrogens (primary N) is 2. The molecule has 2 aromatic heterocycles. The molecule has 2 heterocycles. The maximum atomic E-state index is 6.29. The molecule has 0 aliphatic carbocycles. The van der Waals surface area contributed by atoms with Crippen molar-refractivity contribution in [2.45, 2.75) is 53.6 Å². The van der Waals surface area contributed by atoms with Gasteiger partial charge in [0.15, 0.2) is 0 Å². The zero-order chi connectivity index (χ0) is 26.1. The van der Waals surface area contributed by atoms with Gasteiger partial charge in [-0.3, -0.25) is 0 Å². The summed E-state index contributed by atoms with van der Waals surface area (Å²) in [6, 6.07) is 12.0. The molecule has 184 valence electrons. The van der Waals surface area contributed by atoms with Gasteiger partial charge in [0.25, 0.3) is 0 Å². The van der Waals surface area contributed by atoms with Crippen LogP contribution in [-0.2, 0) is 0 Å². The predicted molar refractivity (Wildman–Crippen MR) is 146 cm³/mol. The normalized spacial score (nSPS) is 13.4. The van der Waals surface area contributed by atoms with E-state index in [1.807, 2.05) is 12.1 Å². The summed E-state index contributed by atoms with van der Waals surface area (Å²) >= 11 is 0. The number of nitrogens with zero attached hydrogens (tertiary/aromatic N) is 2. The topological polar surface area (TPSA) is 109 Å². The fourth-order valence-corrected chi connectivity index (χ4v) is 3.62. The molecule has 0 fully saturated rings. The summed E-state index contributed by atoms with van der Waals surface area (Å²) in [7, 11) is 0. The monoisotopic (exact) mass is 478 g/mol. The van der Waals surface area contributed by atoms with Crippen LogP contribution in [0.4, 0.5) is 0 Å². The number of hydrogen-bond donors (Lipinski definition) is 4. The van der Waals surface area contributed by atoms with Gasteiger partial charge in [0, 0.05) is 11.1 Å². The molecule has 0 spiro atoms.